The number of amides is 3. The van der Waals surface area contributed by atoms with Crippen LogP contribution in [-0.2, 0) is 9.59 Å². The van der Waals surface area contributed by atoms with Crippen LogP contribution in [0.25, 0.3) is 0 Å². The molecule has 0 aromatic heterocycles. The van der Waals surface area contributed by atoms with E-state index in [-0.39, 0.29) is 16.7 Å². The number of thioether (sulfide) groups is 1. The Morgan fingerprint density at radius 1 is 1.42 bits per heavy atom. The number of carbonyl (C=O) groups is 3. The highest BCUT2D eigenvalue weighted by atomic mass is 32.2. The number of hydrogen-bond donors (Lipinski definition) is 1. The molecule has 0 fully saturated rings. The Hall–Kier alpha value is -2.03. The van der Waals surface area contributed by atoms with Crippen molar-refractivity contribution in [1.29, 1.82) is 0 Å². The average Bonchev–Trinajstić information content (AvgIpc) is 2.77. The van der Waals surface area contributed by atoms with Crippen molar-refractivity contribution in [3.8, 4) is 0 Å². The molecule has 0 bridgehead atoms. The molecule has 100 valence electrons. The van der Waals surface area contributed by atoms with Crippen molar-refractivity contribution in [3.63, 3.8) is 0 Å². The molecule has 1 atom stereocenters. The largest absolute Gasteiger partial charge is 0.480 e. The number of rotatable bonds is 2. The fourth-order valence-corrected chi connectivity index (χ4v) is 2.21. The van der Waals surface area contributed by atoms with Gasteiger partial charge in [-0.1, -0.05) is 16.8 Å². The molecule has 9 heteroatoms. The average molecular weight is 283 g/mol. The molecule has 0 saturated carbocycles. The number of hydrogen-bond acceptors (Lipinski definition) is 6. The minimum absolute atomic E-state index is 0.0599. The Bertz CT molecular complexity index is 592. The second-order valence-electron chi connectivity index (χ2n) is 3.98. The van der Waals surface area contributed by atoms with E-state index in [1.54, 1.807) is 0 Å². The summed E-state index contributed by atoms with van der Waals surface area (Å²) in [6.07, 6.45) is 0. The zero-order valence-electron chi connectivity index (χ0n) is 10.4. The SMILES string of the molecule is CC(SC1=NC2=[N+](C)C(=O)N(C)C(=O)C2=N1)C(=O)O. The summed E-state index contributed by atoms with van der Waals surface area (Å²) in [5.41, 5.74) is 0.0599. The van der Waals surface area contributed by atoms with Crippen LogP contribution in [0.2, 0.25) is 0 Å². The maximum atomic E-state index is 11.9. The van der Waals surface area contributed by atoms with Gasteiger partial charge in [-0.2, -0.15) is 14.5 Å². The molecule has 2 aliphatic heterocycles. The molecule has 2 aliphatic rings. The van der Waals surface area contributed by atoms with Gasteiger partial charge in [0.25, 0.3) is 5.17 Å². The van der Waals surface area contributed by atoms with Gasteiger partial charge < -0.3 is 5.11 Å². The molecule has 0 aromatic rings. The summed E-state index contributed by atoms with van der Waals surface area (Å²) in [7, 11) is 2.83. The van der Waals surface area contributed by atoms with E-state index in [9.17, 15) is 14.4 Å². The van der Waals surface area contributed by atoms with Crippen LogP contribution in [0.3, 0.4) is 0 Å². The van der Waals surface area contributed by atoms with Gasteiger partial charge in [0.05, 0.1) is 14.1 Å². The minimum Gasteiger partial charge on any atom is -0.480 e. The number of carbonyl (C=O) groups excluding carboxylic acids is 2. The van der Waals surface area contributed by atoms with Crippen molar-refractivity contribution in [2.24, 2.45) is 9.98 Å². The van der Waals surface area contributed by atoms with Gasteiger partial charge in [0, 0.05) is 0 Å². The number of carboxylic acid groups (broad SMARTS) is 1. The smallest absolute Gasteiger partial charge is 0.446 e. The standard InChI is InChI=1S/C10H10N4O4S/c1-4(8(16)17)19-9-11-5-6(12-9)13(2)10(18)14(3)7(5)15/h4H,1-3H3/p+1. The molecular weight excluding hydrogens is 272 g/mol. The number of aliphatic carboxylic acids is 1. The molecule has 0 radical (unpaired) electrons. The van der Waals surface area contributed by atoms with Crippen molar-refractivity contribution in [3.05, 3.63) is 0 Å². The Kier molecular flexibility index (Phi) is 3.23. The van der Waals surface area contributed by atoms with Gasteiger partial charge in [0.15, 0.2) is 0 Å². The molecule has 1 N–H and O–H groups in total. The Balaban J connectivity index is 2.36. The first-order chi connectivity index (χ1) is 8.82. The van der Waals surface area contributed by atoms with E-state index >= 15 is 0 Å². The van der Waals surface area contributed by atoms with Crippen LogP contribution in [0, 0.1) is 0 Å². The summed E-state index contributed by atoms with van der Waals surface area (Å²) < 4.78 is 1.21. The van der Waals surface area contributed by atoms with E-state index in [0.717, 1.165) is 16.7 Å². The fourth-order valence-electron chi connectivity index (χ4n) is 1.51. The highest BCUT2D eigenvalue weighted by Gasteiger charge is 2.44. The molecule has 0 spiro atoms. The van der Waals surface area contributed by atoms with Gasteiger partial charge in [-0.25, -0.2) is 9.59 Å². The lowest BCUT2D eigenvalue weighted by molar-refractivity contribution is -0.401. The summed E-state index contributed by atoms with van der Waals surface area (Å²) in [6.45, 7) is 1.49. The second-order valence-corrected chi connectivity index (χ2v) is 5.29. The summed E-state index contributed by atoms with van der Waals surface area (Å²) in [5.74, 6) is -1.38. The maximum Gasteiger partial charge on any atom is 0.446 e. The lowest BCUT2D eigenvalue weighted by atomic mass is 10.2. The van der Waals surface area contributed by atoms with Gasteiger partial charge in [-0.15, -0.1) is 0 Å². The number of aliphatic imine (C=N–C) groups is 2. The van der Waals surface area contributed by atoms with Crippen LogP contribution >= 0.6 is 11.8 Å². The Morgan fingerprint density at radius 3 is 2.63 bits per heavy atom. The summed E-state index contributed by atoms with van der Waals surface area (Å²) in [6, 6.07) is -0.500. The van der Waals surface area contributed by atoms with E-state index in [1.165, 1.54) is 25.6 Å². The van der Waals surface area contributed by atoms with Gasteiger partial charge in [0.1, 0.15) is 5.25 Å². The van der Waals surface area contributed by atoms with Gasteiger partial charge in [-0.3, -0.25) is 4.79 Å². The van der Waals surface area contributed by atoms with Crippen LogP contribution in [0.5, 0.6) is 0 Å². The Morgan fingerprint density at radius 2 is 2.05 bits per heavy atom. The normalized spacial score (nSPS) is 20.3. The van der Waals surface area contributed by atoms with E-state index in [2.05, 4.69) is 9.98 Å². The van der Waals surface area contributed by atoms with Gasteiger partial charge in [-0.05, 0) is 6.92 Å². The fraction of sp³-hybridized carbons (Fsp3) is 0.400. The minimum atomic E-state index is -0.999. The lowest BCUT2D eigenvalue weighted by Crippen LogP contribution is -2.51. The van der Waals surface area contributed by atoms with Crippen LogP contribution < -0.4 is 0 Å². The molecule has 0 saturated heterocycles. The van der Waals surface area contributed by atoms with Gasteiger partial charge in [0.2, 0.25) is 5.71 Å². The molecule has 2 heterocycles. The van der Waals surface area contributed by atoms with E-state index in [4.69, 9.17) is 5.11 Å². The van der Waals surface area contributed by atoms with Crippen molar-refractivity contribution in [2.75, 3.05) is 14.1 Å². The molecule has 2 rings (SSSR count). The summed E-state index contributed by atoms with van der Waals surface area (Å²) in [5, 5.41) is 8.25. The molecule has 0 aromatic carbocycles. The molecule has 1 unspecified atom stereocenters. The zero-order chi connectivity index (χ0) is 14.3. The van der Waals surface area contributed by atoms with Crippen LogP contribution in [0.15, 0.2) is 9.98 Å². The van der Waals surface area contributed by atoms with Crippen LogP contribution in [0.1, 0.15) is 6.92 Å². The zero-order valence-corrected chi connectivity index (χ0v) is 11.3. The number of amidine groups is 2. The van der Waals surface area contributed by atoms with Crippen molar-refractivity contribution in [1.82, 2.24) is 4.90 Å². The van der Waals surface area contributed by atoms with Crippen molar-refractivity contribution in [2.45, 2.75) is 12.2 Å². The predicted octanol–water partition coefficient (Wildman–Crippen LogP) is -0.364. The first kappa shape index (κ1) is 13.4. The highest BCUT2D eigenvalue weighted by Crippen LogP contribution is 2.20. The van der Waals surface area contributed by atoms with Gasteiger partial charge >= 0.3 is 23.7 Å². The number of carboxylic acids is 1. The summed E-state index contributed by atoms with van der Waals surface area (Å²) >= 11 is 0.921. The molecule has 0 aliphatic carbocycles. The highest BCUT2D eigenvalue weighted by molar-refractivity contribution is 8.15. The number of fused-ring (bicyclic) bond motifs is 1. The first-order valence-electron chi connectivity index (χ1n) is 5.33. The van der Waals surface area contributed by atoms with Crippen LogP contribution in [0.4, 0.5) is 4.79 Å². The van der Waals surface area contributed by atoms with Crippen LogP contribution in [-0.4, -0.2) is 68.5 Å². The van der Waals surface area contributed by atoms with E-state index in [1.807, 2.05) is 0 Å². The second kappa shape index (κ2) is 4.57. The number of urea groups is 1. The lowest BCUT2D eigenvalue weighted by Gasteiger charge is -2.15. The topological polar surface area (TPSA) is 102 Å². The monoisotopic (exact) mass is 283 g/mol. The van der Waals surface area contributed by atoms with E-state index < -0.39 is 23.2 Å². The third-order valence-electron chi connectivity index (χ3n) is 2.65. The molecule has 19 heavy (non-hydrogen) atoms. The number of imide groups is 1. The maximum absolute atomic E-state index is 11.9. The van der Waals surface area contributed by atoms with Crippen molar-refractivity contribution >= 4 is 46.4 Å². The van der Waals surface area contributed by atoms with Crippen molar-refractivity contribution < 1.29 is 24.1 Å². The molecule has 8 nitrogen and oxygen atoms in total. The quantitative estimate of drug-likeness (QED) is 0.697. The molecule has 3 amide bonds. The first-order valence-corrected chi connectivity index (χ1v) is 6.20. The predicted molar refractivity (Wildman–Crippen MR) is 68.9 cm³/mol. The molecular formula is C10H11N4O4S+. The summed E-state index contributed by atoms with van der Waals surface area (Å²) in [4.78, 5) is 43.3. The third-order valence-corrected chi connectivity index (χ3v) is 3.60. The number of nitrogens with zero attached hydrogens (tertiary/aromatic N) is 4. The third kappa shape index (κ3) is 2.16. The Labute approximate surface area is 112 Å². The van der Waals surface area contributed by atoms with E-state index in [0.29, 0.717) is 0 Å².